The second kappa shape index (κ2) is 5.50. The van der Waals surface area contributed by atoms with Crippen LogP contribution in [0.2, 0.25) is 5.28 Å². The van der Waals surface area contributed by atoms with Gasteiger partial charge in [-0.05, 0) is 40.5 Å². The van der Waals surface area contributed by atoms with E-state index in [9.17, 15) is 10.1 Å². The summed E-state index contributed by atoms with van der Waals surface area (Å²) in [5.74, 6) is 0.217. The smallest absolute Gasteiger partial charge is 0.312 e. The van der Waals surface area contributed by atoms with Gasteiger partial charge in [0.15, 0.2) is 0 Å². The van der Waals surface area contributed by atoms with Crippen LogP contribution in [0, 0.1) is 17.0 Å². The van der Waals surface area contributed by atoms with Crippen LogP contribution in [0.5, 0.6) is 11.6 Å². The highest BCUT2D eigenvalue weighted by Gasteiger charge is 2.19. The lowest BCUT2D eigenvalue weighted by atomic mass is 10.3. The summed E-state index contributed by atoms with van der Waals surface area (Å²) in [4.78, 5) is 18.2. The maximum atomic E-state index is 10.9. The fourth-order valence-corrected chi connectivity index (χ4v) is 2.06. The van der Waals surface area contributed by atoms with Crippen LogP contribution in [-0.2, 0) is 0 Å². The number of rotatable bonds is 3. The molecule has 2 rings (SSSR count). The molecule has 0 aliphatic carbocycles. The summed E-state index contributed by atoms with van der Waals surface area (Å²) in [5.41, 5.74) is 0.437. The molecular weight excluding hydrogens is 337 g/mol. The van der Waals surface area contributed by atoms with Crippen molar-refractivity contribution in [3.8, 4) is 11.6 Å². The highest BCUT2D eigenvalue weighted by Crippen LogP contribution is 2.37. The van der Waals surface area contributed by atoms with Crippen molar-refractivity contribution in [3.05, 3.63) is 49.8 Å². The normalized spacial score (nSPS) is 10.3. The number of hydrogen-bond donors (Lipinski definition) is 0. The molecule has 0 aliphatic rings. The van der Waals surface area contributed by atoms with Gasteiger partial charge in [0.2, 0.25) is 16.9 Å². The molecule has 1 aromatic heterocycles. The Morgan fingerprint density at radius 1 is 1.42 bits per heavy atom. The summed E-state index contributed by atoms with van der Waals surface area (Å²) >= 11 is 8.91. The number of aryl methyl sites for hydroxylation is 1. The Labute approximate surface area is 121 Å². The van der Waals surface area contributed by atoms with Crippen molar-refractivity contribution in [1.29, 1.82) is 0 Å². The molecule has 0 atom stereocenters. The van der Waals surface area contributed by atoms with Gasteiger partial charge in [-0.2, -0.15) is 4.98 Å². The number of benzene rings is 1. The molecule has 2 aromatic rings. The Morgan fingerprint density at radius 2 is 2.16 bits per heavy atom. The SMILES string of the molecule is Cc1cc(Oc2c(Br)cccc2[N+](=O)[O-])nc(Cl)n1. The molecule has 6 nitrogen and oxygen atoms in total. The first-order valence-electron chi connectivity index (χ1n) is 5.09. The molecule has 0 saturated carbocycles. The number of hydrogen-bond acceptors (Lipinski definition) is 5. The molecule has 0 N–H and O–H groups in total. The van der Waals surface area contributed by atoms with Crippen molar-refractivity contribution < 1.29 is 9.66 Å². The fraction of sp³-hybridized carbons (Fsp3) is 0.0909. The van der Waals surface area contributed by atoms with Gasteiger partial charge in [-0.15, -0.1) is 0 Å². The van der Waals surface area contributed by atoms with E-state index in [1.807, 2.05) is 0 Å². The molecular formula is C11H7BrClN3O3. The van der Waals surface area contributed by atoms with Crippen molar-refractivity contribution in [2.24, 2.45) is 0 Å². The van der Waals surface area contributed by atoms with E-state index in [0.29, 0.717) is 10.2 Å². The molecule has 0 radical (unpaired) electrons. The standard InChI is InChI=1S/C11H7BrClN3O3/c1-6-5-9(15-11(13)14-6)19-10-7(12)3-2-4-8(10)16(17)18/h2-5H,1H3. The number of ether oxygens (including phenoxy) is 1. The van der Waals surface area contributed by atoms with Crippen LogP contribution >= 0.6 is 27.5 Å². The number of para-hydroxylation sites is 1. The van der Waals surface area contributed by atoms with Gasteiger partial charge in [-0.3, -0.25) is 10.1 Å². The summed E-state index contributed by atoms with van der Waals surface area (Å²) in [6, 6.07) is 6.07. The van der Waals surface area contributed by atoms with E-state index >= 15 is 0 Å². The Hall–Kier alpha value is -1.73. The molecule has 19 heavy (non-hydrogen) atoms. The monoisotopic (exact) mass is 343 g/mol. The van der Waals surface area contributed by atoms with Crippen LogP contribution in [-0.4, -0.2) is 14.9 Å². The van der Waals surface area contributed by atoms with Crippen molar-refractivity contribution in [1.82, 2.24) is 9.97 Å². The van der Waals surface area contributed by atoms with Gasteiger partial charge >= 0.3 is 5.69 Å². The largest absolute Gasteiger partial charge is 0.430 e. The van der Waals surface area contributed by atoms with Gasteiger partial charge in [0, 0.05) is 17.8 Å². The quantitative estimate of drug-likeness (QED) is 0.479. The number of nitrogens with zero attached hydrogens (tertiary/aromatic N) is 3. The average Bonchev–Trinajstić information content (AvgIpc) is 2.30. The molecule has 0 unspecified atom stereocenters. The first-order valence-corrected chi connectivity index (χ1v) is 6.26. The fourth-order valence-electron chi connectivity index (χ4n) is 1.40. The third-order valence-electron chi connectivity index (χ3n) is 2.15. The highest BCUT2D eigenvalue weighted by molar-refractivity contribution is 9.10. The molecule has 0 aliphatic heterocycles. The Kier molecular flexibility index (Phi) is 3.96. The van der Waals surface area contributed by atoms with Crippen molar-refractivity contribution in [2.75, 3.05) is 0 Å². The van der Waals surface area contributed by atoms with Crippen LogP contribution in [0.4, 0.5) is 5.69 Å². The number of halogens is 2. The topological polar surface area (TPSA) is 78.2 Å². The third kappa shape index (κ3) is 3.18. The third-order valence-corrected chi connectivity index (χ3v) is 2.95. The number of nitro groups is 1. The Bertz CT molecular complexity index is 631. The van der Waals surface area contributed by atoms with E-state index < -0.39 is 4.92 Å². The average molecular weight is 345 g/mol. The maximum Gasteiger partial charge on any atom is 0.312 e. The van der Waals surface area contributed by atoms with Crippen molar-refractivity contribution in [2.45, 2.75) is 6.92 Å². The lowest BCUT2D eigenvalue weighted by Gasteiger charge is -2.07. The Balaban J connectivity index is 2.45. The minimum Gasteiger partial charge on any atom is -0.430 e. The van der Waals surface area contributed by atoms with E-state index in [0.717, 1.165) is 0 Å². The van der Waals surface area contributed by atoms with Gasteiger partial charge in [-0.1, -0.05) is 6.07 Å². The molecule has 0 saturated heterocycles. The second-order valence-corrected chi connectivity index (χ2v) is 4.76. The van der Waals surface area contributed by atoms with E-state index in [1.165, 1.54) is 12.1 Å². The molecule has 98 valence electrons. The van der Waals surface area contributed by atoms with E-state index in [-0.39, 0.29) is 22.6 Å². The van der Waals surface area contributed by atoms with E-state index in [2.05, 4.69) is 25.9 Å². The van der Waals surface area contributed by atoms with Crippen LogP contribution in [0.3, 0.4) is 0 Å². The van der Waals surface area contributed by atoms with E-state index in [1.54, 1.807) is 19.1 Å². The predicted octanol–water partition coefficient (Wildman–Crippen LogP) is 3.90. The summed E-state index contributed by atoms with van der Waals surface area (Å²) in [6.07, 6.45) is 0. The zero-order valence-corrected chi connectivity index (χ0v) is 12.0. The minimum atomic E-state index is -0.532. The van der Waals surface area contributed by atoms with Gasteiger partial charge in [-0.25, -0.2) is 4.98 Å². The summed E-state index contributed by atoms with van der Waals surface area (Å²) in [5, 5.41) is 11.0. The van der Waals surface area contributed by atoms with Crippen molar-refractivity contribution >= 4 is 33.2 Å². The van der Waals surface area contributed by atoms with Crippen LogP contribution in [0.1, 0.15) is 5.69 Å². The van der Waals surface area contributed by atoms with Gasteiger partial charge in [0.25, 0.3) is 0 Å². The lowest BCUT2D eigenvalue weighted by Crippen LogP contribution is -1.97. The zero-order valence-electron chi connectivity index (χ0n) is 9.63. The van der Waals surface area contributed by atoms with Gasteiger partial charge in [0.05, 0.1) is 9.40 Å². The van der Waals surface area contributed by atoms with Crippen LogP contribution in [0.25, 0.3) is 0 Å². The molecule has 0 spiro atoms. The molecule has 1 aromatic carbocycles. The maximum absolute atomic E-state index is 10.9. The Morgan fingerprint density at radius 3 is 2.79 bits per heavy atom. The first kappa shape index (κ1) is 13.7. The molecule has 8 heteroatoms. The van der Waals surface area contributed by atoms with Crippen LogP contribution < -0.4 is 4.74 Å². The van der Waals surface area contributed by atoms with Gasteiger partial charge in [0.1, 0.15) is 0 Å². The summed E-state index contributed by atoms with van der Waals surface area (Å²) in [6.45, 7) is 1.72. The van der Waals surface area contributed by atoms with Crippen molar-refractivity contribution in [3.63, 3.8) is 0 Å². The lowest BCUT2D eigenvalue weighted by molar-refractivity contribution is -0.385. The summed E-state index contributed by atoms with van der Waals surface area (Å²) < 4.78 is 5.89. The molecule has 1 heterocycles. The zero-order chi connectivity index (χ0) is 14.0. The summed E-state index contributed by atoms with van der Waals surface area (Å²) in [7, 11) is 0. The van der Waals surface area contributed by atoms with E-state index in [4.69, 9.17) is 16.3 Å². The first-order chi connectivity index (χ1) is 8.97. The number of aromatic nitrogens is 2. The second-order valence-electron chi connectivity index (χ2n) is 3.56. The molecule has 0 bridgehead atoms. The predicted molar refractivity (Wildman–Crippen MR) is 72.6 cm³/mol. The molecule has 0 fully saturated rings. The highest BCUT2D eigenvalue weighted by atomic mass is 79.9. The minimum absolute atomic E-state index is 0.0182. The number of nitro benzene ring substituents is 1. The van der Waals surface area contributed by atoms with Gasteiger partial charge < -0.3 is 4.74 Å². The molecule has 0 amide bonds. The van der Waals surface area contributed by atoms with Crippen LogP contribution in [0.15, 0.2) is 28.7 Å².